The molecule has 0 aliphatic carbocycles. The minimum Gasteiger partial charge on any atom is -0.400 e. The number of benzene rings is 6. The Kier molecular flexibility index (Phi) is 61.3. The Hall–Kier alpha value is -5.83. The van der Waals surface area contributed by atoms with E-state index < -0.39 is 4.92 Å². The van der Waals surface area contributed by atoms with E-state index in [0.29, 0.717) is 35.5 Å². The van der Waals surface area contributed by atoms with Crippen LogP contribution < -0.4 is 0 Å². The zero-order valence-corrected chi connectivity index (χ0v) is 53.0. The van der Waals surface area contributed by atoms with Crippen molar-refractivity contribution in [2.45, 2.75) is 209 Å². The summed E-state index contributed by atoms with van der Waals surface area (Å²) in [6, 6.07) is 51.2. The van der Waals surface area contributed by atoms with Gasteiger partial charge in [-0.2, -0.15) is 0 Å². The van der Waals surface area contributed by atoms with Gasteiger partial charge in [0.25, 0.3) is 0 Å². The van der Waals surface area contributed by atoms with Crippen LogP contribution >= 0.6 is 0 Å². The van der Waals surface area contributed by atoms with E-state index in [2.05, 4.69) is 275 Å². The van der Waals surface area contributed by atoms with Gasteiger partial charge in [0, 0.05) is 12.0 Å². The fourth-order valence-electron chi connectivity index (χ4n) is 7.41. The largest absolute Gasteiger partial charge is 0.400 e. The van der Waals surface area contributed by atoms with Crippen molar-refractivity contribution in [3.05, 3.63) is 234 Å². The van der Waals surface area contributed by atoms with Crippen molar-refractivity contribution in [3.63, 3.8) is 0 Å². The first-order valence-corrected chi connectivity index (χ1v) is 27.6. The zero-order chi connectivity index (χ0) is 59.6. The molecule has 6 aromatic rings. The van der Waals surface area contributed by atoms with Gasteiger partial charge in [0.1, 0.15) is 0 Å². The number of aliphatic hydroxyl groups excluding tert-OH is 1. The summed E-state index contributed by atoms with van der Waals surface area (Å²) in [5, 5.41) is 15.8. The van der Waals surface area contributed by atoms with Gasteiger partial charge in [0.2, 0.25) is 7.05 Å². The van der Waals surface area contributed by atoms with Crippen LogP contribution in [0.3, 0.4) is 0 Å². The van der Waals surface area contributed by atoms with Gasteiger partial charge in [-0.15, -0.1) is 0 Å². The molecule has 5 heteroatoms. The molecule has 0 unspecified atom stereocenters. The van der Waals surface area contributed by atoms with Crippen LogP contribution in [-0.2, 0) is 0 Å². The quantitative estimate of drug-likeness (QED) is 0.103. The summed E-state index contributed by atoms with van der Waals surface area (Å²) in [7, 11) is 3.31. The van der Waals surface area contributed by atoms with Crippen LogP contribution in [0.2, 0.25) is 0 Å². The molecule has 0 heterocycles. The van der Waals surface area contributed by atoms with Crippen molar-refractivity contribution in [2.24, 2.45) is 0 Å². The SMILES string of the molecule is C.CC.CC.CC.CO.C[N+](=O)[O-].Cc1ccccc1C(C)C.Cc1ccccc1C(C)C.Cc1ccccc1C(C)C.Cc1ccccc1C(C)C.Cc1ccccc1C(C)C.Cc1ccccc1C(C)C.[C-]#[N+]C. The number of nitrogens with zero attached hydrogens (tertiary/aromatic N) is 2. The second-order valence-electron chi connectivity index (χ2n) is 18.7. The van der Waals surface area contributed by atoms with Crippen molar-refractivity contribution in [1.82, 2.24) is 0 Å². The smallest absolute Gasteiger partial charge is 0.205 e. The number of aryl methyl sites for hydroxylation is 6. The first-order valence-electron chi connectivity index (χ1n) is 27.6. The maximum Gasteiger partial charge on any atom is 0.205 e. The first kappa shape index (κ1) is 84.1. The van der Waals surface area contributed by atoms with Crippen LogP contribution in [0.25, 0.3) is 4.85 Å². The molecule has 5 nitrogen and oxygen atoms in total. The molecule has 428 valence electrons. The first-order chi connectivity index (χ1) is 35.4. The summed E-state index contributed by atoms with van der Waals surface area (Å²) in [5.74, 6) is 3.92. The lowest BCUT2D eigenvalue weighted by molar-refractivity contribution is -0.445. The van der Waals surface area contributed by atoms with Crippen LogP contribution in [0.15, 0.2) is 146 Å². The van der Waals surface area contributed by atoms with Crippen molar-refractivity contribution in [2.75, 3.05) is 21.2 Å². The second-order valence-corrected chi connectivity index (χ2v) is 18.7. The molecule has 6 rings (SSSR count). The monoisotopic (exact) mass is 1040 g/mol. The molecule has 0 radical (unpaired) electrons. The highest BCUT2D eigenvalue weighted by Gasteiger charge is 2.03. The molecule has 1 N–H and O–H groups in total. The summed E-state index contributed by atoms with van der Waals surface area (Å²) in [6.07, 6.45) is 0. The van der Waals surface area contributed by atoms with Gasteiger partial charge in [0.05, 0.1) is 0 Å². The van der Waals surface area contributed by atoms with Crippen LogP contribution in [0.4, 0.5) is 0 Å². The lowest BCUT2D eigenvalue weighted by Gasteiger charge is -2.07. The minimum atomic E-state index is -0.500. The van der Waals surface area contributed by atoms with Crippen molar-refractivity contribution in [3.8, 4) is 0 Å². The van der Waals surface area contributed by atoms with Gasteiger partial charge in [-0.25, -0.2) is 6.57 Å². The van der Waals surface area contributed by atoms with Crippen molar-refractivity contribution >= 4 is 0 Å². The highest BCUT2D eigenvalue weighted by molar-refractivity contribution is 5.31. The molecule has 0 fully saturated rings. The van der Waals surface area contributed by atoms with Gasteiger partial charge in [0.15, 0.2) is 7.05 Å². The average Bonchev–Trinajstić information content (AvgIpc) is 3.38. The highest BCUT2D eigenvalue weighted by Crippen LogP contribution is 2.21. The molecular weight excluding hydrogens is 929 g/mol. The molecule has 6 aromatic carbocycles. The molecule has 0 amide bonds. The third-order valence-corrected chi connectivity index (χ3v) is 10.9. The molecule has 0 saturated heterocycles. The third kappa shape index (κ3) is 43.4. The van der Waals surface area contributed by atoms with Crippen LogP contribution in [0, 0.1) is 58.2 Å². The predicted octanol–water partition coefficient (Wildman–Crippen LogP) is 22.5. The van der Waals surface area contributed by atoms with E-state index in [0.717, 1.165) is 14.2 Å². The Balaban J connectivity index is -0.000000142. The molecule has 0 aromatic heterocycles. The van der Waals surface area contributed by atoms with E-state index in [4.69, 9.17) is 21.8 Å². The second kappa shape index (κ2) is 55.4. The van der Waals surface area contributed by atoms with Crippen molar-refractivity contribution in [1.29, 1.82) is 0 Å². The van der Waals surface area contributed by atoms with E-state index >= 15 is 0 Å². The highest BCUT2D eigenvalue weighted by atomic mass is 16.6. The van der Waals surface area contributed by atoms with E-state index in [1.807, 2.05) is 41.5 Å². The maximum atomic E-state index is 8.81. The summed E-state index contributed by atoms with van der Waals surface area (Å²) >= 11 is 0. The lowest BCUT2D eigenvalue weighted by atomic mass is 9.99. The summed E-state index contributed by atoms with van der Waals surface area (Å²) in [5.41, 5.74) is 17.2. The molecular formula is C71H116N2O3. The summed E-state index contributed by atoms with van der Waals surface area (Å²) < 4.78 is 0. The Labute approximate surface area is 472 Å². The molecule has 0 spiro atoms. The summed E-state index contributed by atoms with van der Waals surface area (Å²) in [6.45, 7) is 57.5. The molecule has 76 heavy (non-hydrogen) atoms. The maximum absolute atomic E-state index is 8.81. The predicted molar refractivity (Wildman–Crippen MR) is 346 cm³/mol. The van der Waals surface area contributed by atoms with Gasteiger partial charge in [-0.1, -0.05) is 278 Å². The topological polar surface area (TPSA) is 67.7 Å². The Morgan fingerprint density at radius 2 is 0.434 bits per heavy atom. The third-order valence-electron chi connectivity index (χ3n) is 10.9. The number of aliphatic hydroxyl groups is 1. The average molecular weight is 1050 g/mol. The van der Waals surface area contributed by atoms with Gasteiger partial charge in [-0.05, 0) is 144 Å². The molecule has 0 bridgehead atoms. The molecule has 0 aliphatic rings. The van der Waals surface area contributed by atoms with Gasteiger partial charge >= 0.3 is 0 Å². The number of nitro groups is 1. The van der Waals surface area contributed by atoms with E-state index in [1.165, 1.54) is 73.8 Å². The summed E-state index contributed by atoms with van der Waals surface area (Å²) in [4.78, 5) is 11.1. The Morgan fingerprint density at radius 3 is 0.487 bits per heavy atom. The number of hydrogen-bond donors (Lipinski definition) is 1. The fourth-order valence-corrected chi connectivity index (χ4v) is 7.41. The molecule has 0 saturated carbocycles. The standard InChI is InChI=1S/6C10H14.C2H3N.3C2H6.CH3NO2.CH4O.CH4/c6*1-8(2)10-7-5-4-6-9(10)3;1-3-2;3*1-2;1-2(3)4;1-2;/h6*4-8H,1-3H3;1H3;3*1-2H3;1H3;2H,1H3;1H4. The molecule has 0 atom stereocenters. The van der Waals surface area contributed by atoms with E-state index in [-0.39, 0.29) is 7.43 Å². The number of rotatable bonds is 6. The van der Waals surface area contributed by atoms with Crippen LogP contribution in [0.5, 0.6) is 0 Å². The Bertz CT molecular complexity index is 1870. The Morgan fingerprint density at radius 1 is 0.355 bits per heavy atom. The zero-order valence-electron chi connectivity index (χ0n) is 53.0. The molecule has 0 aliphatic heterocycles. The van der Waals surface area contributed by atoms with Crippen LogP contribution in [0.1, 0.15) is 234 Å². The fraction of sp³-hybridized carbons (Fsp3) is 0.479. The van der Waals surface area contributed by atoms with Crippen molar-refractivity contribution < 1.29 is 10.0 Å². The van der Waals surface area contributed by atoms with E-state index in [1.54, 1.807) is 0 Å². The normalized spacial score (nSPS) is 8.96. The van der Waals surface area contributed by atoms with Gasteiger partial charge in [-0.3, -0.25) is 10.1 Å². The van der Waals surface area contributed by atoms with E-state index in [9.17, 15) is 0 Å². The number of hydrogen-bond acceptors (Lipinski definition) is 3. The minimum absolute atomic E-state index is 0. The van der Waals surface area contributed by atoms with Crippen LogP contribution in [-0.4, -0.2) is 31.2 Å². The van der Waals surface area contributed by atoms with Gasteiger partial charge < -0.3 is 9.95 Å². The lowest BCUT2D eigenvalue weighted by Crippen LogP contribution is -1.89.